The van der Waals surface area contributed by atoms with Crippen molar-refractivity contribution in [3.8, 4) is 11.4 Å². The Labute approximate surface area is 277 Å². The van der Waals surface area contributed by atoms with Crippen LogP contribution < -0.4 is 24.9 Å². The van der Waals surface area contributed by atoms with Crippen LogP contribution in [-0.4, -0.2) is 27.9 Å². The van der Waals surface area contributed by atoms with E-state index in [4.69, 9.17) is 9.73 Å². The minimum Gasteiger partial charge on any atom is -0.497 e. The molecule has 0 saturated heterocycles. The molecule has 1 aliphatic heterocycles. The number of hydrogen-bond donors (Lipinski definition) is 1. The van der Waals surface area contributed by atoms with Crippen LogP contribution in [0.3, 0.4) is 0 Å². The summed E-state index contributed by atoms with van der Waals surface area (Å²) in [4.78, 5) is 45.4. The van der Waals surface area contributed by atoms with E-state index < -0.39 is 6.04 Å². The van der Waals surface area contributed by atoms with Crippen molar-refractivity contribution >= 4 is 34.8 Å². The molecule has 0 aliphatic carbocycles. The second-order valence-electron chi connectivity index (χ2n) is 11.9. The van der Waals surface area contributed by atoms with E-state index in [1.165, 1.54) is 11.3 Å². The lowest BCUT2D eigenvalue weighted by Crippen LogP contribution is -2.40. The number of carbonyl (C=O) groups is 2. The first-order valence-corrected chi connectivity index (χ1v) is 16.1. The number of fused-ring (bicyclic) bond motifs is 1. The van der Waals surface area contributed by atoms with E-state index >= 15 is 0 Å². The molecule has 238 valence electrons. The lowest BCUT2D eigenvalue weighted by molar-refractivity contribution is -0.113. The van der Waals surface area contributed by atoms with Crippen LogP contribution in [-0.2, 0) is 4.79 Å². The van der Waals surface area contributed by atoms with Gasteiger partial charge in [-0.3, -0.25) is 19.0 Å². The summed E-state index contributed by atoms with van der Waals surface area (Å²) in [7, 11) is 1.60. The lowest BCUT2D eigenvalue weighted by atomic mass is 9.95. The quantitative estimate of drug-likeness (QED) is 0.217. The number of hydrogen-bond acceptors (Lipinski definition) is 6. The Morgan fingerprint density at radius 3 is 2.28 bits per heavy atom. The Morgan fingerprint density at radius 1 is 0.936 bits per heavy atom. The summed E-state index contributed by atoms with van der Waals surface area (Å²) in [5.74, 6) is 0.379. The Bertz CT molecular complexity index is 2270. The van der Waals surface area contributed by atoms with E-state index in [-0.39, 0.29) is 17.2 Å². The van der Waals surface area contributed by atoms with Crippen molar-refractivity contribution in [1.82, 2.24) is 9.13 Å². The summed E-state index contributed by atoms with van der Waals surface area (Å²) >= 11 is 1.30. The van der Waals surface area contributed by atoms with E-state index in [9.17, 15) is 14.4 Å². The monoisotopic (exact) mass is 644 g/mol. The molecule has 0 bridgehead atoms. The Hall–Kier alpha value is -5.28. The van der Waals surface area contributed by atoms with Crippen molar-refractivity contribution < 1.29 is 14.3 Å². The third kappa shape index (κ3) is 5.90. The first-order valence-electron chi connectivity index (χ1n) is 15.3. The Balaban J connectivity index is 1.46. The van der Waals surface area contributed by atoms with Gasteiger partial charge < -0.3 is 14.6 Å². The topological polar surface area (TPSA) is 94.7 Å². The summed E-state index contributed by atoms with van der Waals surface area (Å²) in [6.07, 6.45) is 1.90. The zero-order valence-electron chi connectivity index (χ0n) is 27.5. The summed E-state index contributed by atoms with van der Waals surface area (Å²) in [5, 5.41) is 3.08. The van der Waals surface area contributed by atoms with Gasteiger partial charge in [0, 0.05) is 28.3 Å². The van der Waals surface area contributed by atoms with E-state index in [0.717, 1.165) is 39.3 Å². The summed E-state index contributed by atoms with van der Waals surface area (Å²) < 4.78 is 9.63. The largest absolute Gasteiger partial charge is 0.497 e. The van der Waals surface area contributed by atoms with Gasteiger partial charge >= 0.3 is 0 Å². The highest BCUT2D eigenvalue weighted by molar-refractivity contribution is 7.07. The van der Waals surface area contributed by atoms with Gasteiger partial charge in [0.05, 0.1) is 29.0 Å². The first kappa shape index (κ1) is 31.7. The third-order valence-electron chi connectivity index (χ3n) is 8.62. The molecule has 0 unspecified atom stereocenters. The molecule has 1 N–H and O–H groups in total. The fourth-order valence-electron chi connectivity index (χ4n) is 6.17. The maximum Gasteiger partial charge on any atom is 0.271 e. The number of anilines is 1. The molecule has 5 aromatic rings. The predicted molar refractivity (Wildman–Crippen MR) is 187 cm³/mol. The van der Waals surface area contributed by atoms with Gasteiger partial charge in [0.25, 0.3) is 11.5 Å². The van der Waals surface area contributed by atoms with Gasteiger partial charge in [-0.15, -0.1) is 0 Å². The molecule has 1 atom stereocenters. The number of ether oxygens (including phenoxy) is 1. The molecule has 0 fully saturated rings. The van der Waals surface area contributed by atoms with Gasteiger partial charge in [0.2, 0.25) is 0 Å². The van der Waals surface area contributed by atoms with E-state index in [0.29, 0.717) is 37.6 Å². The van der Waals surface area contributed by atoms with Crippen molar-refractivity contribution in [1.29, 1.82) is 0 Å². The number of ketones is 1. The van der Waals surface area contributed by atoms with Crippen molar-refractivity contribution in [3.05, 3.63) is 143 Å². The number of allylic oxidation sites excluding steroid dienone is 1. The highest BCUT2D eigenvalue weighted by Crippen LogP contribution is 2.32. The molecule has 2 aromatic heterocycles. The number of amides is 1. The maximum absolute atomic E-state index is 14.3. The van der Waals surface area contributed by atoms with Crippen molar-refractivity contribution in [2.75, 3.05) is 12.4 Å². The van der Waals surface area contributed by atoms with Gasteiger partial charge in [-0.25, -0.2) is 4.99 Å². The number of nitrogens with zero attached hydrogens (tertiary/aromatic N) is 3. The molecule has 0 spiro atoms. The first-order chi connectivity index (χ1) is 22.5. The van der Waals surface area contributed by atoms with Gasteiger partial charge in [-0.1, -0.05) is 41.2 Å². The fourth-order valence-corrected chi connectivity index (χ4v) is 7.21. The van der Waals surface area contributed by atoms with Gasteiger partial charge in [-0.05, 0) is 113 Å². The molecule has 3 heterocycles. The number of aryl methyl sites for hydroxylation is 3. The number of aromatic nitrogens is 2. The minimum atomic E-state index is -0.697. The highest BCUT2D eigenvalue weighted by Gasteiger charge is 2.33. The van der Waals surface area contributed by atoms with Gasteiger partial charge in [0.15, 0.2) is 10.6 Å². The van der Waals surface area contributed by atoms with Crippen LogP contribution in [0, 0.1) is 27.7 Å². The zero-order chi connectivity index (χ0) is 33.6. The van der Waals surface area contributed by atoms with Gasteiger partial charge in [0.1, 0.15) is 5.75 Å². The Morgan fingerprint density at radius 2 is 1.64 bits per heavy atom. The number of thiazole rings is 1. The molecule has 3 aromatic carbocycles. The molecule has 1 aliphatic rings. The second kappa shape index (κ2) is 12.5. The molecule has 8 nitrogen and oxygen atoms in total. The van der Waals surface area contributed by atoms with Crippen LogP contribution in [0.25, 0.3) is 11.8 Å². The van der Waals surface area contributed by atoms with Crippen LogP contribution >= 0.6 is 11.3 Å². The molecule has 0 saturated carbocycles. The number of methoxy groups -OCH3 is 1. The summed E-state index contributed by atoms with van der Waals surface area (Å²) in [6, 6.07) is 22.1. The van der Waals surface area contributed by atoms with Crippen LogP contribution in [0.15, 0.2) is 93.9 Å². The average molecular weight is 645 g/mol. The second-order valence-corrected chi connectivity index (χ2v) is 12.9. The number of carbonyl (C=O) groups excluding carboxylic acids is 2. The molecule has 9 heteroatoms. The van der Waals surface area contributed by atoms with Crippen molar-refractivity contribution in [2.24, 2.45) is 4.99 Å². The van der Waals surface area contributed by atoms with Crippen molar-refractivity contribution in [3.63, 3.8) is 0 Å². The van der Waals surface area contributed by atoms with Crippen LogP contribution in [0.2, 0.25) is 0 Å². The van der Waals surface area contributed by atoms with E-state index in [1.54, 1.807) is 18.6 Å². The molecule has 47 heavy (non-hydrogen) atoms. The predicted octanol–water partition coefficient (Wildman–Crippen LogP) is 6.11. The van der Waals surface area contributed by atoms with E-state index in [2.05, 4.69) is 9.88 Å². The van der Waals surface area contributed by atoms with Crippen LogP contribution in [0.4, 0.5) is 5.69 Å². The van der Waals surface area contributed by atoms with Crippen LogP contribution in [0.1, 0.15) is 63.9 Å². The maximum atomic E-state index is 14.3. The molecular formula is C38H36N4O4S. The molecule has 6 rings (SSSR count). The van der Waals surface area contributed by atoms with E-state index in [1.807, 2.05) is 113 Å². The number of benzene rings is 3. The standard InChI is InChI=1S/C38H36N4O4S/c1-21-8-17-32(22(2)18-21)40-36(44)34-24(4)39-38-42(35(34)28-11-15-31(46-7)16-12-28)37(45)33(47-38)20-29-19-23(3)41(25(29)5)30-13-9-27(10-14-30)26(6)43/h8-20,35H,1-7H3,(H,40,44)/b33-20+/t35-/m0/s1. The number of Topliss-reactive ketones (excluding diaryl/α,β-unsaturated/α-hetero) is 1. The number of rotatable bonds is 7. The van der Waals surface area contributed by atoms with Gasteiger partial charge in [-0.2, -0.15) is 0 Å². The smallest absolute Gasteiger partial charge is 0.271 e. The fraction of sp³-hybridized carbons (Fsp3) is 0.211. The number of nitrogens with one attached hydrogen (secondary N) is 1. The summed E-state index contributed by atoms with van der Waals surface area (Å²) in [5.41, 5.74) is 8.69. The molecule has 0 radical (unpaired) electrons. The zero-order valence-corrected chi connectivity index (χ0v) is 28.3. The molecular weight excluding hydrogens is 609 g/mol. The minimum absolute atomic E-state index is 0.0163. The highest BCUT2D eigenvalue weighted by atomic mass is 32.1. The van der Waals surface area contributed by atoms with Crippen LogP contribution in [0.5, 0.6) is 5.75 Å². The normalized spacial score (nSPS) is 14.5. The molecule has 1 amide bonds. The SMILES string of the molecule is COc1ccc([C@H]2C(C(=O)Nc3ccc(C)cc3C)=C(C)N=c3s/c(=C/c4cc(C)n(-c5ccc(C(C)=O)cc5)c4C)c(=O)n32)cc1. The average Bonchev–Trinajstić information content (AvgIpc) is 3.50. The summed E-state index contributed by atoms with van der Waals surface area (Å²) in [6.45, 7) is 11.4. The Kier molecular flexibility index (Phi) is 8.42. The third-order valence-corrected chi connectivity index (χ3v) is 9.60. The lowest BCUT2D eigenvalue weighted by Gasteiger charge is -2.25. The van der Waals surface area contributed by atoms with Crippen molar-refractivity contribution in [2.45, 2.75) is 47.6 Å².